The molecule has 0 aliphatic heterocycles. The lowest BCUT2D eigenvalue weighted by Crippen LogP contribution is -2.22. The van der Waals surface area contributed by atoms with Gasteiger partial charge in [0.05, 0.1) is 28.5 Å². The summed E-state index contributed by atoms with van der Waals surface area (Å²) in [5.41, 5.74) is 0.886. The van der Waals surface area contributed by atoms with E-state index in [-0.39, 0.29) is 16.8 Å². The molecule has 126 valence electrons. The number of anilines is 1. The number of nitrogens with one attached hydrogen (secondary N) is 1. The Labute approximate surface area is 144 Å². The number of methoxy groups -OCH3 is 1. The van der Waals surface area contributed by atoms with E-state index < -0.39 is 4.92 Å². The van der Waals surface area contributed by atoms with E-state index in [1.807, 2.05) is 24.3 Å². The first-order chi connectivity index (χ1) is 11.4. The standard InChI is InChI=1S/C17H18N2O4S/c1-11-15(5-4-6-16(11)19(21)22)18-17(20)12(2)24-14-9-7-13(23-3)8-10-14/h4-10,12H,1-3H3,(H,18,20)/t12-/m1/s1. The van der Waals surface area contributed by atoms with Gasteiger partial charge >= 0.3 is 0 Å². The summed E-state index contributed by atoms with van der Waals surface area (Å²) in [7, 11) is 1.60. The van der Waals surface area contributed by atoms with E-state index in [9.17, 15) is 14.9 Å². The van der Waals surface area contributed by atoms with Crippen molar-refractivity contribution in [3.63, 3.8) is 0 Å². The molecular formula is C17H18N2O4S. The Bertz CT molecular complexity index is 747. The Kier molecular flexibility index (Phi) is 5.81. The third-order valence-electron chi connectivity index (χ3n) is 3.50. The fourth-order valence-electron chi connectivity index (χ4n) is 2.10. The molecule has 1 N–H and O–H groups in total. The van der Waals surface area contributed by atoms with Crippen molar-refractivity contribution in [3.05, 3.63) is 58.1 Å². The first kappa shape index (κ1) is 17.8. The summed E-state index contributed by atoms with van der Waals surface area (Å²) in [4.78, 5) is 23.8. The van der Waals surface area contributed by atoms with Crippen LogP contribution in [0.25, 0.3) is 0 Å². The molecular weight excluding hydrogens is 328 g/mol. The van der Waals surface area contributed by atoms with Gasteiger partial charge in [-0.2, -0.15) is 0 Å². The number of ether oxygens (including phenoxy) is 1. The maximum absolute atomic E-state index is 12.3. The van der Waals surface area contributed by atoms with E-state index in [4.69, 9.17) is 4.74 Å². The van der Waals surface area contributed by atoms with Gasteiger partial charge in [-0.15, -0.1) is 11.8 Å². The molecule has 0 unspecified atom stereocenters. The molecule has 0 radical (unpaired) electrons. The number of nitro groups is 1. The molecule has 1 amide bonds. The van der Waals surface area contributed by atoms with Crippen molar-refractivity contribution in [2.45, 2.75) is 24.0 Å². The molecule has 0 aliphatic rings. The molecule has 0 heterocycles. The van der Waals surface area contributed by atoms with Crippen LogP contribution in [0.2, 0.25) is 0 Å². The molecule has 6 nitrogen and oxygen atoms in total. The van der Waals surface area contributed by atoms with Crippen molar-refractivity contribution < 1.29 is 14.5 Å². The van der Waals surface area contributed by atoms with Crippen LogP contribution in [-0.4, -0.2) is 23.2 Å². The Morgan fingerprint density at radius 1 is 1.25 bits per heavy atom. The highest BCUT2D eigenvalue weighted by Gasteiger charge is 2.18. The summed E-state index contributed by atoms with van der Waals surface area (Å²) in [5.74, 6) is 0.545. The quantitative estimate of drug-likeness (QED) is 0.485. The summed E-state index contributed by atoms with van der Waals surface area (Å²) in [6.07, 6.45) is 0. The monoisotopic (exact) mass is 346 g/mol. The maximum Gasteiger partial charge on any atom is 0.274 e. The highest BCUT2D eigenvalue weighted by atomic mass is 32.2. The highest BCUT2D eigenvalue weighted by molar-refractivity contribution is 8.00. The van der Waals surface area contributed by atoms with E-state index >= 15 is 0 Å². The van der Waals surface area contributed by atoms with Crippen molar-refractivity contribution in [2.75, 3.05) is 12.4 Å². The lowest BCUT2D eigenvalue weighted by molar-refractivity contribution is -0.385. The molecule has 0 aromatic heterocycles. The van der Waals surface area contributed by atoms with Crippen LogP contribution < -0.4 is 10.1 Å². The van der Waals surface area contributed by atoms with E-state index in [2.05, 4.69) is 5.32 Å². The lowest BCUT2D eigenvalue weighted by atomic mass is 10.1. The SMILES string of the molecule is COc1ccc(S[C@H](C)C(=O)Nc2cccc([N+](=O)[O-])c2C)cc1. The minimum absolute atomic E-state index is 0.0109. The molecule has 1 atom stereocenters. The van der Waals surface area contributed by atoms with Gasteiger partial charge in [-0.3, -0.25) is 14.9 Å². The molecule has 0 aliphatic carbocycles. The zero-order valence-electron chi connectivity index (χ0n) is 13.6. The molecule has 2 aromatic rings. The fraction of sp³-hybridized carbons (Fsp3) is 0.235. The van der Waals surface area contributed by atoms with Gasteiger partial charge in [0.25, 0.3) is 5.69 Å². The largest absolute Gasteiger partial charge is 0.497 e. The summed E-state index contributed by atoms with van der Waals surface area (Å²) in [5, 5.41) is 13.4. The van der Waals surface area contributed by atoms with E-state index in [1.165, 1.54) is 17.8 Å². The second kappa shape index (κ2) is 7.83. The number of hydrogen-bond acceptors (Lipinski definition) is 5. The van der Waals surface area contributed by atoms with Crippen LogP contribution in [0, 0.1) is 17.0 Å². The van der Waals surface area contributed by atoms with Crippen molar-refractivity contribution in [1.82, 2.24) is 0 Å². The molecule has 2 aromatic carbocycles. The number of benzene rings is 2. The number of nitro benzene ring substituents is 1. The summed E-state index contributed by atoms with van der Waals surface area (Å²) >= 11 is 1.41. The molecule has 7 heteroatoms. The third kappa shape index (κ3) is 4.26. The first-order valence-corrected chi connectivity index (χ1v) is 8.16. The molecule has 0 bridgehead atoms. The van der Waals surface area contributed by atoms with Gasteiger partial charge in [-0.25, -0.2) is 0 Å². The van der Waals surface area contributed by atoms with Crippen molar-refractivity contribution in [1.29, 1.82) is 0 Å². The zero-order chi connectivity index (χ0) is 17.7. The van der Waals surface area contributed by atoms with Gasteiger partial charge in [0.1, 0.15) is 5.75 Å². The molecule has 2 rings (SSSR count). The van der Waals surface area contributed by atoms with Gasteiger partial charge in [0, 0.05) is 11.0 Å². The zero-order valence-corrected chi connectivity index (χ0v) is 14.4. The Morgan fingerprint density at radius 2 is 1.92 bits per heavy atom. The fourth-order valence-corrected chi connectivity index (χ4v) is 2.97. The van der Waals surface area contributed by atoms with Crippen molar-refractivity contribution in [3.8, 4) is 5.75 Å². The maximum atomic E-state index is 12.3. The topological polar surface area (TPSA) is 81.5 Å². The number of rotatable bonds is 6. The summed E-state index contributed by atoms with van der Waals surface area (Å²) in [6, 6.07) is 12.1. The van der Waals surface area contributed by atoms with Crippen molar-refractivity contribution in [2.24, 2.45) is 0 Å². The van der Waals surface area contributed by atoms with Crippen LogP contribution >= 0.6 is 11.8 Å². The summed E-state index contributed by atoms with van der Waals surface area (Å²) in [6.45, 7) is 3.41. The van der Waals surface area contributed by atoms with Crippen LogP contribution in [-0.2, 0) is 4.79 Å². The molecule has 0 fully saturated rings. The van der Waals surface area contributed by atoms with Gasteiger partial charge < -0.3 is 10.1 Å². The number of hydrogen-bond donors (Lipinski definition) is 1. The Hall–Kier alpha value is -2.54. The minimum Gasteiger partial charge on any atom is -0.497 e. The van der Waals surface area contributed by atoms with Crippen LogP contribution in [0.1, 0.15) is 12.5 Å². The molecule has 0 spiro atoms. The third-order valence-corrected chi connectivity index (χ3v) is 4.61. The second-order valence-electron chi connectivity index (χ2n) is 5.13. The van der Waals surface area contributed by atoms with Crippen LogP contribution in [0.5, 0.6) is 5.75 Å². The smallest absolute Gasteiger partial charge is 0.274 e. The normalized spacial score (nSPS) is 11.6. The second-order valence-corrected chi connectivity index (χ2v) is 6.55. The predicted octanol–water partition coefficient (Wildman–Crippen LogP) is 4.03. The highest BCUT2D eigenvalue weighted by Crippen LogP contribution is 2.28. The number of amides is 1. The van der Waals surface area contributed by atoms with E-state index in [0.29, 0.717) is 11.3 Å². The first-order valence-electron chi connectivity index (χ1n) is 7.28. The minimum atomic E-state index is -0.458. The van der Waals surface area contributed by atoms with Crippen LogP contribution in [0.15, 0.2) is 47.4 Å². The number of thioether (sulfide) groups is 1. The lowest BCUT2D eigenvalue weighted by Gasteiger charge is -2.13. The number of carbonyl (C=O) groups is 1. The predicted molar refractivity (Wildman–Crippen MR) is 94.8 cm³/mol. The van der Waals surface area contributed by atoms with Gasteiger partial charge in [-0.05, 0) is 44.2 Å². The number of carbonyl (C=O) groups excluding carboxylic acids is 1. The van der Waals surface area contributed by atoms with Crippen LogP contribution in [0.4, 0.5) is 11.4 Å². The molecule has 0 saturated heterocycles. The van der Waals surface area contributed by atoms with Gasteiger partial charge in [-0.1, -0.05) is 6.07 Å². The molecule has 24 heavy (non-hydrogen) atoms. The Morgan fingerprint density at radius 3 is 2.50 bits per heavy atom. The summed E-state index contributed by atoms with van der Waals surface area (Å²) < 4.78 is 5.10. The Balaban J connectivity index is 2.06. The van der Waals surface area contributed by atoms with E-state index in [0.717, 1.165) is 10.6 Å². The average Bonchev–Trinajstić information content (AvgIpc) is 2.57. The van der Waals surface area contributed by atoms with Gasteiger partial charge in [0.15, 0.2) is 0 Å². The van der Waals surface area contributed by atoms with Gasteiger partial charge in [0.2, 0.25) is 5.91 Å². The van der Waals surface area contributed by atoms with Crippen LogP contribution in [0.3, 0.4) is 0 Å². The number of nitrogens with zero attached hydrogens (tertiary/aromatic N) is 1. The average molecular weight is 346 g/mol. The van der Waals surface area contributed by atoms with E-state index in [1.54, 1.807) is 33.1 Å². The molecule has 0 saturated carbocycles. The van der Waals surface area contributed by atoms with Crippen molar-refractivity contribution >= 4 is 29.0 Å².